The average molecular weight is 262 g/mol. The molecule has 94 valence electrons. The molecule has 0 aliphatic rings. The highest BCUT2D eigenvalue weighted by molar-refractivity contribution is 7.13. The molecule has 2 rings (SSSR count). The minimum absolute atomic E-state index is 0.236. The summed E-state index contributed by atoms with van der Waals surface area (Å²) in [6, 6.07) is 3.82. The highest BCUT2D eigenvalue weighted by atomic mass is 32.1. The van der Waals surface area contributed by atoms with Crippen LogP contribution < -0.4 is 0 Å². The first kappa shape index (κ1) is 12.7. The van der Waals surface area contributed by atoms with Gasteiger partial charge >= 0.3 is 5.97 Å². The Labute approximate surface area is 110 Å². The fourth-order valence-corrected chi connectivity index (χ4v) is 2.57. The molecule has 0 N–H and O–H groups in total. The molecule has 0 saturated carbocycles. The van der Waals surface area contributed by atoms with Crippen LogP contribution in [-0.2, 0) is 9.53 Å². The molecule has 0 saturated heterocycles. The molecule has 0 amide bonds. The molecule has 0 aliphatic heterocycles. The van der Waals surface area contributed by atoms with E-state index in [-0.39, 0.29) is 11.9 Å². The van der Waals surface area contributed by atoms with E-state index in [0.29, 0.717) is 6.42 Å². The van der Waals surface area contributed by atoms with Crippen LogP contribution in [0.15, 0.2) is 29.9 Å². The van der Waals surface area contributed by atoms with Gasteiger partial charge in [0, 0.05) is 23.3 Å². The van der Waals surface area contributed by atoms with Gasteiger partial charge in [-0.25, -0.2) is 4.98 Å². The molecule has 5 heteroatoms. The number of carbonyl (C=O) groups excluding carboxylic acids is 1. The van der Waals surface area contributed by atoms with Crippen LogP contribution in [0.5, 0.6) is 0 Å². The summed E-state index contributed by atoms with van der Waals surface area (Å²) in [5.74, 6) is -0.516. The number of nitrogens with zero attached hydrogens (tertiary/aromatic N) is 2. The van der Waals surface area contributed by atoms with Crippen molar-refractivity contribution in [2.75, 3.05) is 7.11 Å². The molecule has 0 spiro atoms. The summed E-state index contributed by atoms with van der Waals surface area (Å²) in [6.45, 7) is 1.95. The first-order chi connectivity index (χ1) is 8.76. The van der Waals surface area contributed by atoms with Crippen LogP contribution in [0.1, 0.15) is 25.0 Å². The van der Waals surface area contributed by atoms with E-state index in [9.17, 15) is 4.79 Å². The monoisotopic (exact) mass is 262 g/mol. The molecule has 0 aromatic carbocycles. The third-order valence-corrected chi connectivity index (χ3v) is 3.59. The first-order valence-electron chi connectivity index (χ1n) is 5.70. The van der Waals surface area contributed by atoms with Gasteiger partial charge in [-0.3, -0.25) is 9.78 Å². The van der Waals surface area contributed by atoms with E-state index in [4.69, 9.17) is 4.74 Å². The lowest BCUT2D eigenvalue weighted by molar-refractivity contribution is -0.142. The van der Waals surface area contributed by atoms with Crippen LogP contribution in [0.25, 0.3) is 10.6 Å². The van der Waals surface area contributed by atoms with Crippen LogP contribution in [-0.4, -0.2) is 23.0 Å². The van der Waals surface area contributed by atoms with Gasteiger partial charge in [0.2, 0.25) is 0 Å². The number of esters is 1. The van der Waals surface area contributed by atoms with Gasteiger partial charge in [0.1, 0.15) is 5.01 Å². The summed E-state index contributed by atoms with van der Waals surface area (Å²) in [6.07, 6.45) is 4.17. The zero-order valence-electron chi connectivity index (χ0n) is 10.3. The van der Waals surface area contributed by atoms with Gasteiger partial charge in [-0.05, 0) is 18.6 Å². The number of ether oxygens (including phenoxy) is 1. The number of rotatable bonds is 4. The van der Waals surface area contributed by atoms with Crippen molar-refractivity contribution in [3.8, 4) is 10.6 Å². The van der Waals surface area contributed by atoms with Crippen molar-refractivity contribution in [2.24, 2.45) is 0 Å². The predicted molar refractivity (Wildman–Crippen MR) is 70.4 cm³/mol. The summed E-state index contributed by atoms with van der Waals surface area (Å²) in [5.41, 5.74) is 1.74. The van der Waals surface area contributed by atoms with E-state index in [2.05, 4.69) is 9.97 Å². The molecule has 18 heavy (non-hydrogen) atoms. The molecule has 0 radical (unpaired) electrons. The van der Waals surface area contributed by atoms with E-state index in [1.54, 1.807) is 12.4 Å². The maximum Gasteiger partial charge on any atom is 0.314 e. The smallest absolute Gasteiger partial charge is 0.314 e. The van der Waals surface area contributed by atoms with Crippen LogP contribution in [0, 0.1) is 0 Å². The Morgan fingerprint density at radius 1 is 1.56 bits per heavy atom. The zero-order chi connectivity index (χ0) is 13.0. The van der Waals surface area contributed by atoms with Crippen molar-refractivity contribution >= 4 is 17.3 Å². The van der Waals surface area contributed by atoms with E-state index < -0.39 is 0 Å². The summed E-state index contributed by atoms with van der Waals surface area (Å²) < 4.78 is 4.79. The summed E-state index contributed by atoms with van der Waals surface area (Å²) in [4.78, 5) is 20.2. The Balaban J connectivity index is 2.27. The average Bonchev–Trinajstić information content (AvgIpc) is 2.90. The number of hydrogen-bond acceptors (Lipinski definition) is 5. The lowest BCUT2D eigenvalue weighted by Gasteiger charge is -2.08. The quantitative estimate of drug-likeness (QED) is 0.795. The minimum Gasteiger partial charge on any atom is -0.469 e. The molecular weight excluding hydrogens is 248 g/mol. The lowest BCUT2D eigenvalue weighted by atomic mass is 10.0. The van der Waals surface area contributed by atoms with Gasteiger partial charge in [0.15, 0.2) is 0 Å². The fourth-order valence-electron chi connectivity index (χ4n) is 1.71. The number of methoxy groups -OCH3 is 1. The third kappa shape index (κ3) is 2.56. The SMILES string of the molecule is CCC(C(=O)OC)c1csc(-c2cccnc2)n1. The Hall–Kier alpha value is -1.75. The van der Waals surface area contributed by atoms with E-state index in [1.807, 2.05) is 24.4 Å². The molecule has 0 fully saturated rings. The van der Waals surface area contributed by atoms with Crippen LogP contribution in [0.3, 0.4) is 0 Å². The number of thiazole rings is 1. The third-order valence-electron chi connectivity index (χ3n) is 2.68. The van der Waals surface area contributed by atoms with Crippen molar-refractivity contribution in [3.05, 3.63) is 35.6 Å². The fraction of sp³-hybridized carbons (Fsp3) is 0.308. The summed E-state index contributed by atoms with van der Waals surface area (Å²) in [5, 5.41) is 2.79. The molecule has 0 bridgehead atoms. The van der Waals surface area contributed by atoms with Crippen molar-refractivity contribution < 1.29 is 9.53 Å². The standard InChI is InChI=1S/C13H14N2O2S/c1-3-10(13(16)17-2)11-8-18-12(15-11)9-5-4-6-14-7-9/h4-8,10H,3H2,1-2H3. The molecule has 4 nitrogen and oxygen atoms in total. The first-order valence-corrected chi connectivity index (χ1v) is 6.57. The highest BCUT2D eigenvalue weighted by Crippen LogP contribution is 2.28. The molecule has 2 aromatic heterocycles. The summed E-state index contributed by atoms with van der Waals surface area (Å²) in [7, 11) is 1.40. The second kappa shape index (κ2) is 5.73. The van der Waals surface area contributed by atoms with Crippen molar-refractivity contribution in [3.63, 3.8) is 0 Å². The largest absolute Gasteiger partial charge is 0.469 e. The normalized spacial score (nSPS) is 12.1. The number of pyridine rings is 1. The Morgan fingerprint density at radius 3 is 3.00 bits per heavy atom. The second-order valence-corrected chi connectivity index (χ2v) is 4.66. The van der Waals surface area contributed by atoms with Gasteiger partial charge in [0.25, 0.3) is 0 Å². The number of hydrogen-bond donors (Lipinski definition) is 0. The Kier molecular flexibility index (Phi) is 4.04. The predicted octanol–water partition coefficient (Wildman–Crippen LogP) is 2.87. The molecule has 0 aliphatic carbocycles. The van der Waals surface area contributed by atoms with Gasteiger partial charge in [-0.1, -0.05) is 6.92 Å². The van der Waals surface area contributed by atoms with Crippen LogP contribution in [0.2, 0.25) is 0 Å². The Bertz CT molecular complexity index is 525. The van der Waals surface area contributed by atoms with Gasteiger partial charge < -0.3 is 4.74 Å². The van der Waals surface area contributed by atoms with Gasteiger partial charge in [-0.2, -0.15) is 0 Å². The van der Waals surface area contributed by atoms with Crippen molar-refractivity contribution in [1.82, 2.24) is 9.97 Å². The van der Waals surface area contributed by atoms with E-state index in [0.717, 1.165) is 16.3 Å². The number of carbonyl (C=O) groups is 1. The Morgan fingerprint density at radius 2 is 2.39 bits per heavy atom. The highest BCUT2D eigenvalue weighted by Gasteiger charge is 2.22. The zero-order valence-corrected chi connectivity index (χ0v) is 11.1. The molecule has 1 atom stereocenters. The maximum absolute atomic E-state index is 11.6. The summed E-state index contributed by atoms with van der Waals surface area (Å²) >= 11 is 1.52. The van der Waals surface area contributed by atoms with E-state index >= 15 is 0 Å². The lowest BCUT2D eigenvalue weighted by Crippen LogP contribution is -2.13. The van der Waals surface area contributed by atoms with Gasteiger partial charge in [-0.15, -0.1) is 11.3 Å². The molecule has 1 unspecified atom stereocenters. The molecular formula is C13H14N2O2S. The maximum atomic E-state index is 11.6. The van der Waals surface area contributed by atoms with Crippen molar-refractivity contribution in [2.45, 2.75) is 19.3 Å². The van der Waals surface area contributed by atoms with E-state index in [1.165, 1.54) is 18.4 Å². The topological polar surface area (TPSA) is 52.1 Å². The molecule has 2 heterocycles. The number of aromatic nitrogens is 2. The van der Waals surface area contributed by atoms with Crippen LogP contribution in [0.4, 0.5) is 0 Å². The van der Waals surface area contributed by atoms with Gasteiger partial charge in [0.05, 0.1) is 18.7 Å². The second-order valence-electron chi connectivity index (χ2n) is 3.80. The molecule has 2 aromatic rings. The van der Waals surface area contributed by atoms with Crippen molar-refractivity contribution in [1.29, 1.82) is 0 Å². The minimum atomic E-state index is -0.281. The van der Waals surface area contributed by atoms with Crippen LogP contribution >= 0.6 is 11.3 Å².